The summed E-state index contributed by atoms with van der Waals surface area (Å²) in [6.45, 7) is 0.175. The second-order valence-electron chi connectivity index (χ2n) is 5.95. The van der Waals surface area contributed by atoms with Gasteiger partial charge in [-0.15, -0.1) is 0 Å². The van der Waals surface area contributed by atoms with E-state index >= 15 is 0 Å². The molecule has 30 heavy (non-hydrogen) atoms. The van der Waals surface area contributed by atoms with Gasteiger partial charge in [0.25, 0.3) is 0 Å². The van der Waals surface area contributed by atoms with Crippen molar-refractivity contribution in [2.75, 3.05) is 12.5 Å². The summed E-state index contributed by atoms with van der Waals surface area (Å²) in [5.41, 5.74) is 3.67. The Morgan fingerprint density at radius 3 is 2.77 bits per heavy atom. The molecular formula is C20H16ClFN4O4. The van der Waals surface area contributed by atoms with Gasteiger partial charge in [-0.1, -0.05) is 23.7 Å². The first-order valence-corrected chi connectivity index (χ1v) is 8.99. The van der Waals surface area contributed by atoms with E-state index in [9.17, 15) is 14.5 Å². The maximum Gasteiger partial charge on any atom is 0.313 e. The molecule has 1 N–H and O–H groups in total. The quantitative estimate of drug-likeness (QED) is 0.312. The molecule has 0 saturated heterocycles. The van der Waals surface area contributed by atoms with E-state index < -0.39 is 4.92 Å². The molecule has 3 aromatic rings. The Balaban J connectivity index is 1.74. The van der Waals surface area contributed by atoms with Crippen LogP contribution in [0.3, 0.4) is 0 Å². The van der Waals surface area contributed by atoms with Crippen LogP contribution in [0.15, 0.2) is 59.8 Å². The number of ether oxygens (including phenoxy) is 2. The number of hydrogen-bond donors (Lipinski definition) is 1. The standard InChI is InChI=1S/C20H16ClFN4O4/c1-29-18-10-14(11-24-25-20-17(26(27)28)3-2-8-23-20)9-16(21)19(18)30-12-13-4-6-15(22)7-5-13/h2-11H,12H2,1H3,(H,23,25)/b24-11-. The van der Waals surface area contributed by atoms with E-state index in [2.05, 4.69) is 15.5 Å². The summed E-state index contributed by atoms with van der Waals surface area (Å²) in [6, 6.07) is 11.9. The lowest BCUT2D eigenvalue weighted by Gasteiger charge is -2.13. The Morgan fingerprint density at radius 2 is 2.07 bits per heavy atom. The molecule has 1 heterocycles. The van der Waals surface area contributed by atoms with Gasteiger partial charge in [0, 0.05) is 12.3 Å². The van der Waals surface area contributed by atoms with Crippen molar-refractivity contribution in [1.82, 2.24) is 4.98 Å². The molecule has 0 aliphatic carbocycles. The van der Waals surface area contributed by atoms with Crippen molar-refractivity contribution in [3.63, 3.8) is 0 Å². The fraction of sp³-hybridized carbons (Fsp3) is 0.100. The topological polar surface area (TPSA) is 98.9 Å². The summed E-state index contributed by atoms with van der Waals surface area (Å²) in [5, 5.41) is 15.3. The first kappa shape index (κ1) is 21.0. The Hall–Kier alpha value is -3.72. The summed E-state index contributed by atoms with van der Waals surface area (Å²) >= 11 is 6.32. The molecule has 0 aliphatic rings. The monoisotopic (exact) mass is 430 g/mol. The molecule has 8 nitrogen and oxygen atoms in total. The second kappa shape index (κ2) is 9.66. The largest absolute Gasteiger partial charge is 0.493 e. The zero-order chi connectivity index (χ0) is 21.5. The Labute approximate surface area is 176 Å². The van der Waals surface area contributed by atoms with Gasteiger partial charge in [0.05, 0.1) is 23.3 Å². The first-order valence-electron chi connectivity index (χ1n) is 8.61. The molecule has 1 aromatic heterocycles. The number of nitrogens with one attached hydrogen (secondary N) is 1. The molecule has 0 bridgehead atoms. The minimum atomic E-state index is -0.558. The molecule has 0 fully saturated rings. The lowest BCUT2D eigenvalue weighted by Crippen LogP contribution is -2.01. The van der Waals surface area contributed by atoms with Gasteiger partial charge in [-0.05, 0) is 41.5 Å². The highest BCUT2D eigenvalue weighted by Gasteiger charge is 2.14. The van der Waals surface area contributed by atoms with Gasteiger partial charge in [0.15, 0.2) is 11.5 Å². The average Bonchev–Trinajstić information content (AvgIpc) is 2.74. The molecule has 0 spiro atoms. The number of rotatable bonds is 8. The molecular weight excluding hydrogens is 415 g/mol. The number of hydrazone groups is 1. The van der Waals surface area contributed by atoms with Gasteiger partial charge >= 0.3 is 5.69 Å². The van der Waals surface area contributed by atoms with E-state index in [0.29, 0.717) is 17.1 Å². The number of nitro groups is 1. The van der Waals surface area contributed by atoms with Crippen LogP contribution in [0.4, 0.5) is 15.9 Å². The van der Waals surface area contributed by atoms with Crippen LogP contribution in [-0.2, 0) is 6.61 Å². The predicted octanol–water partition coefficient (Wildman–Crippen LogP) is 4.82. The van der Waals surface area contributed by atoms with Crippen molar-refractivity contribution in [1.29, 1.82) is 0 Å². The summed E-state index contributed by atoms with van der Waals surface area (Å²) in [7, 11) is 1.47. The van der Waals surface area contributed by atoms with Crippen molar-refractivity contribution in [2.45, 2.75) is 6.61 Å². The third-order valence-corrected chi connectivity index (χ3v) is 4.20. The molecule has 0 radical (unpaired) electrons. The molecule has 0 saturated carbocycles. The van der Waals surface area contributed by atoms with Crippen LogP contribution in [0.5, 0.6) is 11.5 Å². The second-order valence-corrected chi connectivity index (χ2v) is 6.35. The van der Waals surface area contributed by atoms with Crippen molar-refractivity contribution in [3.05, 3.63) is 86.8 Å². The number of halogens is 2. The van der Waals surface area contributed by atoms with Crippen LogP contribution in [-0.4, -0.2) is 23.2 Å². The third kappa shape index (κ3) is 5.21. The zero-order valence-corrected chi connectivity index (χ0v) is 16.5. The fourth-order valence-corrected chi connectivity index (χ4v) is 2.76. The predicted molar refractivity (Wildman–Crippen MR) is 111 cm³/mol. The highest BCUT2D eigenvalue weighted by atomic mass is 35.5. The van der Waals surface area contributed by atoms with Gasteiger partial charge < -0.3 is 9.47 Å². The number of benzene rings is 2. The number of anilines is 1. The van der Waals surface area contributed by atoms with E-state index in [1.54, 1.807) is 24.3 Å². The maximum atomic E-state index is 13.0. The number of aromatic nitrogens is 1. The number of methoxy groups -OCH3 is 1. The minimum absolute atomic E-state index is 0.0102. The Bertz CT molecular complexity index is 1080. The van der Waals surface area contributed by atoms with Crippen molar-refractivity contribution in [3.8, 4) is 11.5 Å². The van der Waals surface area contributed by atoms with Gasteiger partial charge in [-0.2, -0.15) is 5.10 Å². The zero-order valence-electron chi connectivity index (χ0n) is 15.7. The normalized spacial score (nSPS) is 10.8. The minimum Gasteiger partial charge on any atom is -0.493 e. The van der Waals surface area contributed by atoms with Gasteiger partial charge in [-0.25, -0.2) is 9.37 Å². The molecule has 3 rings (SSSR count). The number of hydrogen-bond acceptors (Lipinski definition) is 7. The third-order valence-electron chi connectivity index (χ3n) is 3.92. The van der Waals surface area contributed by atoms with Crippen LogP contribution < -0.4 is 14.9 Å². The van der Waals surface area contributed by atoms with E-state index in [1.165, 1.54) is 43.8 Å². The van der Waals surface area contributed by atoms with Crippen LogP contribution in [0.25, 0.3) is 0 Å². The van der Waals surface area contributed by atoms with Crippen LogP contribution in [0, 0.1) is 15.9 Å². The molecule has 154 valence electrons. The van der Waals surface area contributed by atoms with E-state index in [1.807, 2.05) is 0 Å². The summed E-state index contributed by atoms with van der Waals surface area (Å²) in [6.07, 6.45) is 2.83. The van der Waals surface area contributed by atoms with Crippen LogP contribution in [0.2, 0.25) is 5.02 Å². The lowest BCUT2D eigenvalue weighted by atomic mass is 10.2. The smallest absolute Gasteiger partial charge is 0.313 e. The van der Waals surface area contributed by atoms with E-state index in [4.69, 9.17) is 21.1 Å². The van der Waals surface area contributed by atoms with Crippen LogP contribution in [0.1, 0.15) is 11.1 Å². The van der Waals surface area contributed by atoms with Crippen molar-refractivity contribution >= 4 is 29.3 Å². The fourth-order valence-electron chi connectivity index (χ4n) is 2.49. The van der Waals surface area contributed by atoms with Gasteiger partial charge in [-0.3, -0.25) is 15.5 Å². The summed E-state index contributed by atoms with van der Waals surface area (Å²) < 4.78 is 24.1. The molecule has 0 unspecified atom stereocenters. The molecule has 2 aromatic carbocycles. The summed E-state index contributed by atoms with van der Waals surface area (Å²) in [5.74, 6) is 0.377. The maximum absolute atomic E-state index is 13.0. The highest BCUT2D eigenvalue weighted by Crippen LogP contribution is 2.36. The first-order chi connectivity index (χ1) is 14.5. The van der Waals surface area contributed by atoms with E-state index in [-0.39, 0.29) is 29.0 Å². The van der Waals surface area contributed by atoms with E-state index in [0.717, 1.165) is 5.56 Å². The van der Waals surface area contributed by atoms with Crippen molar-refractivity contribution in [2.24, 2.45) is 5.10 Å². The lowest BCUT2D eigenvalue weighted by molar-refractivity contribution is -0.384. The van der Waals surface area contributed by atoms with Gasteiger partial charge in [0.1, 0.15) is 12.4 Å². The number of nitrogens with zero attached hydrogens (tertiary/aromatic N) is 3. The highest BCUT2D eigenvalue weighted by molar-refractivity contribution is 6.32. The molecule has 10 heteroatoms. The molecule has 0 amide bonds. The molecule has 0 aliphatic heterocycles. The summed E-state index contributed by atoms with van der Waals surface area (Å²) in [4.78, 5) is 14.3. The van der Waals surface area contributed by atoms with Crippen molar-refractivity contribution < 1.29 is 18.8 Å². The Kier molecular flexibility index (Phi) is 6.76. The SMILES string of the molecule is COc1cc(/C=N\Nc2ncccc2[N+](=O)[O-])cc(Cl)c1OCc1ccc(F)cc1. The number of pyridine rings is 1. The van der Waals surface area contributed by atoms with Crippen LogP contribution >= 0.6 is 11.6 Å². The van der Waals surface area contributed by atoms with Gasteiger partial charge in [0.2, 0.25) is 5.82 Å². The Morgan fingerprint density at radius 1 is 1.30 bits per heavy atom. The average molecular weight is 431 g/mol. The molecule has 0 atom stereocenters.